The number of likely N-dealkylation sites (tertiary alicyclic amines) is 2. The van der Waals surface area contributed by atoms with Crippen molar-refractivity contribution in [2.24, 2.45) is 5.41 Å². The van der Waals surface area contributed by atoms with Gasteiger partial charge in [0.2, 0.25) is 0 Å². The van der Waals surface area contributed by atoms with E-state index in [4.69, 9.17) is 19.8 Å². The molecule has 0 atom stereocenters. The normalized spacial score (nSPS) is 16.8. The first-order valence-electron chi connectivity index (χ1n) is 10.2. The second-order valence-electron chi connectivity index (χ2n) is 8.10. The summed E-state index contributed by atoms with van der Waals surface area (Å²) in [4.78, 5) is 38.8. The highest BCUT2D eigenvalue weighted by Crippen LogP contribution is 2.40. The summed E-state index contributed by atoms with van der Waals surface area (Å²) >= 11 is 1.76. The van der Waals surface area contributed by atoms with E-state index >= 15 is 0 Å². The Morgan fingerprint density at radius 3 is 2.03 bits per heavy atom. The number of carboxylic acid groups (broad SMARTS) is 2. The van der Waals surface area contributed by atoms with E-state index in [0.717, 1.165) is 39.1 Å². The number of aliphatic carboxylic acids is 2. The molecule has 1 spiro atoms. The fraction of sp³-hybridized carbons (Fsp3) is 0.429. The zero-order valence-electron chi connectivity index (χ0n) is 18.4. The number of pyridine rings is 1. The van der Waals surface area contributed by atoms with Crippen LogP contribution >= 0.6 is 11.3 Å². The van der Waals surface area contributed by atoms with E-state index in [1.54, 1.807) is 23.7 Å². The Bertz CT molecular complexity index is 1000. The predicted molar refractivity (Wildman–Crippen MR) is 114 cm³/mol. The summed E-state index contributed by atoms with van der Waals surface area (Å²) in [5.74, 6) is -5.39. The highest BCUT2D eigenvalue weighted by Gasteiger charge is 2.48. The van der Waals surface area contributed by atoms with Gasteiger partial charge in [-0.1, -0.05) is 0 Å². The molecular formula is C21H21F6N3O5S. The zero-order valence-corrected chi connectivity index (χ0v) is 19.2. The van der Waals surface area contributed by atoms with Crippen LogP contribution in [0.25, 0.3) is 0 Å². The molecule has 2 N–H and O–H groups in total. The number of halogens is 6. The van der Waals surface area contributed by atoms with Crippen LogP contribution in [0, 0.1) is 5.41 Å². The van der Waals surface area contributed by atoms with Gasteiger partial charge in [0, 0.05) is 50.5 Å². The molecule has 0 aliphatic carbocycles. The second kappa shape index (κ2) is 11.7. The number of carbonyl (C=O) groups excluding carboxylic acids is 1. The summed E-state index contributed by atoms with van der Waals surface area (Å²) in [6.45, 7) is 5.03. The SMILES string of the molecule is O=C(O)C(F)(F)F.O=C(O)C(F)(F)F.O=C(c1cccnc1)N1CCC2(CN(Cc3ccsc3)C2)C1. The lowest BCUT2D eigenvalue weighted by molar-refractivity contribution is -0.193. The van der Waals surface area contributed by atoms with Crippen molar-refractivity contribution in [3.8, 4) is 0 Å². The van der Waals surface area contributed by atoms with Gasteiger partial charge in [-0.2, -0.15) is 37.7 Å². The third-order valence-electron chi connectivity index (χ3n) is 5.22. The van der Waals surface area contributed by atoms with Gasteiger partial charge in [-0.3, -0.25) is 14.7 Å². The fourth-order valence-electron chi connectivity index (χ4n) is 3.69. The van der Waals surface area contributed by atoms with Crippen LogP contribution in [0.2, 0.25) is 0 Å². The minimum absolute atomic E-state index is 0.126. The largest absolute Gasteiger partial charge is 0.490 e. The lowest BCUT2D eigenvalue weighted by Gasteiger charge is -2.48. The number of aromatic nitrogens is 1. The Balaban J connectivity index is 0.000000271. The minimum atomic E-state index is -5.08. The van der Waals surface area contributed by atoms with Crippen molar-refractivity contribution in [1.82, 2.24) is 14.8 Å². The van der Waals surface area contributed by atoms with Gasteiger partial charge in [0.05, 0.1) is 5.56 Å². The van der Waals surface area contributed by atoms with E-state index in [0.29, 0.717) is 11.0 Å². The molecule has 2 fully saturated rings. The molecule has 8 nitrogen and oxygen atoms in total. The zero-order chi connectivity index (χ0) is 27.1. The maximum Gasteiger partial charge on any atom is 0.490 e. The van der Waals surface area contributed by atoms with Gasteiger partial charge in [-0.05, 0) is 40.9 Å². The quantitative estimate of drug-likeness (QED) is 0.570. The first-order valence-corrected chi connectivity index (χ1v) is 11.1. The molecule has 0 unspecified atom stereocenters. The third kappa shape index (κ3) is 8.48. The lowest BCUT2D eigenvalue weighted by atomic mass is 9.79. The van der Waals surface area contributed by atoms with E-state index in [1.807, 2.05) is 17.0 Å². The molecule has 0 saturated carbocycles. The minimum Gasteiger partial charge on any atom is -0.475 e. The molecule has 1 amide bonds. The Hall–Kier alpha value is -3.20. The summed E-state index contributed by atoms with van der Waals surface area (Å²) < 4.78 is 63.5. The van der Waals surface area contributed by atoms with Crippen LogP contribution in [0.4, 0.5) is 26.3 Å². The molecule has 36 heavy (non-hydrogen) atoms. The molecular weight excluding hydrogens is 520 g/mol. The van der Waals surface area contributed by atoms with Crippen molar-refractivity contribution in [3.63, 3.8) is 0 Å². The monoisotopic (exact) mass is 541 g/mol. The number of hydrogen-bond donors (Lipinski definition) is 2. The molecule has 2 aliphatic heterocycles. The first kappa shape index (κ1) is 29.0. The smallest absolute Gasteiger partial charge is 0.475 e. The van der Waals surface area contributed by atoms with Gasteiger partial charge < -0.3 is 15.1 Å². The number of carbonyl (C=O) groups is 3. The second-order valence-corrected chi connectivity index (χ2v) is 8.88. The molecule has 15 heteroatoms. The van der Waals surface area contributed by atoms with Crippen LogP contribution in [-0.4, -0.2) is 81.4 Å². The van der Waals surface area contributed by atoms with Gasteiger partial charge in [-0.25, -0.2) is 9.59 Å². The molecule has 4 heterocycles. The van der Waals surface area contributed by atoms with Gasteiger partial charge in [0.1, 0.15) is 0 Å². The van der Waals surface area contributed by atoms with Crippen LogP contribution in [0.5, 0.6) is 0 Å². The Morgan fingerprint density at radius 1 is 1.00 bits per heavy atom. The molecule has 0 radical (unpaired) electrons. The highest BCUT2D eigenvalue weighted by atomic mass is 32.1. The topological polar surface area (TPSA) is 111 Å². The van der Waals surface area contributed by atoms with Gasteiger partial charge >= 0.3 is 24.3 Å². The van der Waals surface area contributed by atoms with Crippen molar-refractivity contribution >= 4 is 29.2 Å². The van der Waals surface area contributed by atoms with Gasteiger partial charge in [0.15, 0.2) is 0 Å². The van der Waals surface area contributed by atoms with Crippen LogP contribution in [0.3, 0.4) is 0 Å². The average Bonchev–Trinajstić information content (AvgIpc) is 3.44. The summed E-state index contributed by atoms with van der Waals surface area (Å²) in [7, 11) is 0. The summed E-state index contributed by atoms with van der Waals surface area (Å²) in [6.07, 6.45) is -5.67. The van der Waals surface area contributed by atoms with Gasteiger partial charge in [0.25, 0.3) is 5.91 Å². The summed E-state index contributed by atoms with van der Waals surface area (Å²) in [5, 5.41) is 18.6. The van der Waals surface area contributed by atoms with Crippen LogP contribution in [0.15, 0.2) is 41.4 Å². The lowest BCUT2D eigenvalue weighted by Crippen LogP contribution is -2.57. The molecule has 198 valence electrons. The molecule has 4 rings (SSSR count). The molecule has 2 saturated heterocycles. The first-order chi connectivity index (χ1) is 16.6. The predicted octanol–water partition coefficient (Wildman–Crippen LogP) is 3.76. The van der Waals surface area contributed by atoms with E-state index in [-0.39, 0.29) is 5.91 Å². The molecule has 0 aromatic carbocycles. The van der Waals surface area contributed by atoms with E-state index in [2.05, 4.69) is 26.7 Å². The summed E-state index contributed by atoms with van der Waals surface area (Å²) in [5.41, 5.74) is 2.43. The fourth-order valence-corrected chi connectivity index (χ4v) is 4.35. The average molecular weight is 541 g/mol. The van der Waals surface area contributed by atoms with Crippen LogP contribution < -0.4 is 0 Å². The number of hydrogen-bond acceptors (Lipinski definition) is 6. The standard InChI is InChI=1S/C17H19N3OS.2C2HF3O2/c21-16(15-2-1-5-18-8-15)20-6-4-17(13-20)11-19(12-17)9-14-3-7-22-10-14;2*3-2(4,5)1(6)7/h1-3,5,7-8,10H,4,6,9,11-13H2;2*(H,6,7). The molecule has 2 aromatic heterocycles. The number of carboxylic acids is 2. The van der Waals surface area contributed by atoms with E-state index < -0.39 is 24.3 Å². The molecule has 2 aliphatic rings. The number of thiophene rings is 1. The number of alkyl halides is 6. The third-order valence-corrected chi connectivity index (χ3v) is 5.96. The Kier molecular flexibility index (Phi) is 9.43. The number of nitrogens with zero attached hydrogens (tertiary/aromatic N) is 3. The van der Waals surface area contributed by atoms with Crippen LogP contribution in [-0.2, 0) is 16.1 Å². The Labute approximate surface area is 204 Å². The van der Waals surface area contributed by atoms with Crippen molar-refractivity contribution < 1.29 is 50.9 Å². The van der Waals surface area contributed by atoms with E-state index in [9.17, 15) is 31.1 Å². The van der Waals surface area contributed by atoms with Crippen molar-refractivity contribution in [1.29, 1.82) is 0 Å². The van der Waals surface area contributed by atoms with Crippen molar-refractivity contribution in [2.45, 2.75) is 25.3 Å². The molecule has 2 aromatic rings. The van der Waals surface area contributed by atoms with E-state index in [1.165, 1.54) is 5.56 Å². The summed E-state index contributed by atoms with van der Waals surface area (Å²) in [6, 6.07) is 5.87. The number of amides is 1. The van der Waals surface area contributed by atoms with Gasteiger partial charge in [-0.15, -0.1) is 0 Å². The van der Waals surface area contributed by atoms with Crippen molar-refractivity contribution in [3.05, 3.63) is 52.5 Å². The van der Waals surface area contributed by atoms with Crippen molar-refractivity contribution in [2.75, 3.05) is 26.2 Å². The number of rotatable bonds is 3. The van der Waals surface area contributed by atoms with Crippen LogP contribution in [0.1, 0.15) is 22.3 Å². The maximum atomic E-state index is 12.5. The molecule has 0 bridgehead atoms. The Morgan fingerprint density at radius 2 is 1.58 bits per heavy atom. The maximum absolute atomic E-state index is 12.5. The highest BCUT2D eigenvalue weighted by molar-refractivity contribution is 7.07.